The van der Waals surface area contributed by atoms with Gasteiger partial charge in [-0.2, -0.15) is 0 Å². The summed E-state index contributed by atoms with van der Waals surface area (Å²) < 4.78 is 5.39. The van der Waals surface area contributed by atoms with Crippen molar-refractivity contribution in [1.82, 2.24) is 10.6 Å². The molecule has 1 atom stereocenters. The van der Waals surface area contributed by atoms with Gasteiger partial charge in [0.15, 0.2) is 0 Å². The van der Waals surface area contributed by atoms with Crippen LogP contribution in [0.4, 0.5) is 0 Å². The fourth-order valence-electron chi connectivity index (χ4n) is 3.27. The van der Waals surface area contributed by atoms with Crippen LogP contribution in [0.1, 0.15) is 85.1 Å². The lowest BCUT2D eigenvalue weighted by Crippen LogP contribution is -2.58. The van der Waals surface area contributed by atoms with Crippen LogP contribution < -0.4 is 10.6 Å². The summed E-state index contributed by atoms with van der Waals surface area (Å²) in [6.07, 6.45) is 5.93. The van der Waals surface area contributed by atoms with E-state index in [1.54, 1.807) is 27.7 Å². The van der Waals surface area contributed by atoms with Gasteiger partial charge in [-0.25, -0.2) is 0 Å². The first-order valence-corrected chi connectivity index (χ1v) is 11.4. The Hall–Kier alpha value is -2.37. The average molecular weight is 433 g/mol. The highest BCUT2D eigenvalue weighted by atomic mass is 16.6. The molecule has 0 spiro atoms. The molecule has 0 aliphatic carbocycles. The molecule has 0 fully saturated rings. The quantitative estimate of drug-likeness (QED) is 0.359. The van der Waals surface area contributed by atoms with Crippen molar-refractivity contribution in [2.45, 2.75) is 97.1 Å². The Kier molecular flexibility index (Phi) is 11.3. The molecule has 0 aliphatic heterocycles. The number of nitrogens with one attached hydrogen (secondary N) is 2. The van der Waals surface area contributed by atoms with Crippen LogP contribution in [0.15, 0.2) is 30.3 Å². The molecule has 31 heavy (non-hydrogen) atoms. The van der Waals surface area contributed by atoms with Gasteiger partial charge >= 0.3 is 5.97 Å². The Bertz CT molecular complexity index is 697. The normalized spacial score (nSPS) is 13.2. The lowest BCUT2D eigenvalue weighted by molar-refractivity contribution is -0.158. The third-order valence-electron chi connectivity index (χ3n) is 4.88. The predicted molar refractivity (Wildman–Crippen MR) is 124 cm³/mol. The number of esters is 1. The van der Waals surface area contributed by atoms with Gasteiger partial charge in [-0.1, -0.05) is 62.9 Å². The smallest absolute Gasteiger partial charge is 0.309 e. The zero-order chi connectivity index (χ0) is 23.3. The molecule has 6 nitrogen and oxygen atoms in total. The minimum absolute atomic E-state index is 0.219. The molecule has 1 aromatic carbocycles. The molecule has 0 unspecified atom stereocenters. The number of hydrogen-bond acceptors (Lipinski definition) is 4. The van der Waals surface area contributed by atoms with E-state index in [0.29, 0.717) is 19.4 Å². The van der Waals surface area contributed by atoms with Gasteiger partial charge in [0.2, 0.25) is 11.8 Å². The monoisotopic (exact) mass is 432 g/mol. The van der Waals surface area contributed by atoms with Gasteiger partial charge in [-0.15, -0.1) is 0 Å². The van der Waals surface area contributed by atoms with E-state index in [9.17, 15) is 14.4 Å². The van der Waals surface area contributed by atoms with E-state index in [2.05, 4.69) is 17.6 Å². The Balaban J connectivity index is 2.72. The Morgan fingerprint density at radius 2 is 1.58 bits per heavy atom. The summed E-state index contributed by atoms with van der Waals surface area (Å²) in [5.74, 6) is -1.12. The van der Waals surface area contributed by atoms with Crippen molar-refractivity contribution in [3.05, 3.63) is 35.9 Å². The lowest BCUT2D eigenvalue weighted by atomic mass is 9.95. The summed E-state index contributed by atoms with van der Waals surface area (Å²) in [4.78, 5) is 37.9. The van der Waals surface area contributed by atoms with Crippen LogP contribution in [-0.2, 0) is 25.5 Å². The van der Waals surface area contributed by atoms with Crippen molar-refractivity contribution < 1.29 is 19.1 Å². The molecule has 1 rings (SSSR count). The molecule has 2 amide bonds. The second-order valence-electron chi connectivity index (χ2n) is 9.30. The number of amides is 2. The van der Waals surface area contributed by atoms with Crippen molar-refractivity contribution in [3.8, 4) is 0 Å². The molecular formula is C25H40N2O4. The number of carbonyl (C=O) groups excluding carboxylic acids is 3. The molecule has 0 aromatic heterocycles. The topological polar surface area (TPSA) is 84.5 Å². The molecule has 6 heteroatoms. The van der Waals surface area contributed by atoms with Gasteiger partial charge in [0.25, 0.3) is 0 Å². The zero-order valence-corrected chi connectivity index (χ0v) is 19.9. The van der Waals surface area contributed by atoms with E-state index in [1.165, 1.54) is 0 Å². The second-order valence-corrected chi connectivity index (χ2v) is 9.30. The molecular weight excluding hydrogens is 392 g/mol. The van der Waals surface area contributed by atoms with Crippen LogP contribution in [0, 0.1) is 0 Å². The highest BCUT2D eigenvalue weighted by molar-refractivity contribution is 5.94. The molecule has 1 aromatic rings. The van der Waals surface area contributed by atoms with Gasteiger partial charge in [0.1, 0.15) is 11.1 Å². The first-order valence-electron chi connectivity index (χ1n) is 11.4. The highest BCUT2D eigenvalue weighted by Gasteiger charge is 2.38. The molecule has 0 saturated carbocycles. The standard InChI is InChI=1S/C25H40N2O4/c1-6-7-8-9-13-16-21(28)27-25(5,19-22(29)31-24(2,3)4)23(30)26-18-17-20-14-11-10-12-15-20/h10-12,14-15H,6-9,13,16-19H2,1-5H3,(H,26,30)(H,27,28)/t25-/m1/s1. The van der Waals surface area contributed by atoms with Crippen molar-refractivity contribution in [3.63, 3.8) is 0 Å². The van der Waals surface area contributed by atoms with E-state index in [-0.39, 0.29) is 18.2 Å². The minimum atomic E-state index is -1.36. The Labute approximate surface area is 187 Å². The van der Waals surface area contributed by atoms with Crippen molar-refractivity contribution in [2.75, 3.05) is 6.54 Å². The third-order valence-corrected chi connectivity index (χ3v) is 4.88. The third kappa shape index (κ3) is 11.6. The van der Waals surface area contributed by atoms with E-state index in [4.69, 9.17) is 4.74 Å². The molecule has 0 radical (unpaired) electrons. The van der Waals surface area contributed by atoms with Crippen molar-refractivity contribution >= 4 is 17.8 Å². The molecule has 0 bridgehead atoms. The molecule has 2 N–H and O–H groups in total. The maximum Gasteiger partial charge on any atom is 0.309 e. The van der Waals surface area contributed by atoms with Gasteiger partial charge in [-0.3, -0.25) is 14.4 Å². The van der Waals surface area contributed by atoms with E-state index in [1.807, 2.05) is 30.3 Å². The van der Waals surface area contributed by atoms with E-state index < -0.39 is 17.1 Å². The van der Waals surface area contributed by atoms with Crippen LogP contribution in [0.3, 0.4) is 0 Å². The number of hydrogen-bond donors (Lipinski definition) is 2. The molecule has 0 heterocycles. The zero-order valence-electron chi connectivity index (χ0n) is 19.9. The van der Waals surface area contributed by atoms with E-state index in [0.717, 1.165) is 37.7 Å². The largest absolute Gasteiger partial charge is 0.460 e. The number of carbonyl (C=O) groups is 3. The molecule has 0 saturated heterocycles. The van der Waals surface area contributed by atoms with Gasteiger partial charge < -0.3 is 15.4 Å². The number of benzene rings is 1. The Morgan fingerprint density at radius 3 is 2.19 bits per heavy atom. The number of ether oxygens (including phenoxy) is 1. The van der Waals surface area contributed by atoms with Crippen molar-refractivity contribution in [2.24, 2.45) is 0 Å². The summed E-state index contributed by atoms with van der Waals surface area (Å²) >= 11 is 0. The van der Waals surface area contributed by atoms with Gasteiger partial charge in [-0.05, 0) is 46.1 Å². The van der Waals surface area contributed by atoms with Crippen LogP contribution in [0.25, 0.3) is 0 Å². The van der Waals surface area contributed by atoms with E-state index >= 15 is 0 Å². The van der Waals surface area contributed by atoms with Crippen LogP contribution in [0.2, 0.25) is 0 Å². The first-order chi connectivity index (χ1) is 14.6. The van der Waals surface area contributed by atoms with Crippen LogP contribution in [-0.4, -0.2) is 35.5 Å². The lowest BCUT2D eigenvalue weighted by Gasteiger charge is -2.30. The molecule has 0 aliphatic rings. The summed E-state index contributed by atoms with van der Waals surface area (Å²) in [5.41, 5.74) is -0.919. The number of unbranched alkanes of at least 4 members (excludes halogenated alkanes) is 4. The SMILES string of the molecule is CCCCCCCC(=O)N[C@](C)(CC(=O)OC(C)(C)C)C(=O)NCCc1ccccc1. The second kappa shape index (κ2) is 13.1. The highest BCUT2D eigenvalue weighted by Crippen LogP contribution is 2.17. The maximum absolute atomic E-state index is 13.0. The summed E-state index contributed by atoms with van der Waals surface area (Å²) in [7, 11) is 0. The van der Waals surface area contributed by atoms with Crippen LogP contribution in [0.5, 0.6) is 0 Å². The predicted octanol–water partition coefficient (Wildman–Crippen LogP) is 4.31. The Morgan fingerprint density at radius 1 is 0.935 bits per heavy atom. The minimum Gasteiger partial charge on any atom is -0.460 e. The number of rotatable bonds is 13. The van der Waals surface area contributed by atoms with Crippen molar-refractivity contribution in [1.29, 1.82) is 0 Å². The molecule has 174 valence electrons. The van der Waals surface area contributed by atoms with Gasteiger partial charge in [0, 0.05) is 13.0 Å². The first kappa shape index (κ1) is 26.7. The fourth-order valence-corrected chi connectivity index (χ4v) is 3.27. The van der Waals surface area contributed by atoms with Gasteiger partial charge in [0.05, 0.1) is 6.42 Å². The maximum atomic E-state index is 13.0. The fraction of sp³-hybridized carbons (Fsp3) is 0.640. The summed E-state index contributed by atoms with van der Waals surface area (Å²) in [6, 6.07) is 9.82. The average Bonchev–Trinajstić information content (AvgIpc) is 2.66. The summed E-state index contributed by atoms with van der Waals surface area (Å²) in [6.45, 7) is 9.47. The van der Waals surface area contributed by atoms with Crippen LogP contribution >= 0.6 is 0 Å². The summed E-state index contributed by atoms with van der Waals surface area (Å²) in [5, 5.41) is 5.67.